The molecule has 0 radical (unpaired) electrons. The number of rotatable bonds is 3. The van der Waals surface area contributed by atoms with Crippen LogP contribution in [0.15, 0.2) is 30.3 Å². The van der Waals surface area contributed by atoms with Gasteiger partial charge in [0.1, 0.15) is 11.5 Å². The second kappa shape index (κ2) is 8.10. The van der Waals surface area contributed by atoms with E-state index in [9.17, 15) is 9.18 Å². The van der Waals surface area contributed by atoms with Crippen LogP contribution in [0.25, 0.3) is 0 Å². The molecule has 0 unspecified atom stereocenters. The molecule has 1 aromatic heterocycles. The van der Waals surface area contributed by atoms with Gasteiger partial charge in [0, 0.05) is 45.0 Å². The molecule has 0 saturated carbocycles. The number of amides is 1. The quantitative estimate of drug-likeness (QED) is 0.802. The highest BCUT2D eigenvalue weighted by atomic mass is 19.1. The zero-order valence-corrected chi connectivity index (χ0v) is 16.0. The van der Waals surface area contributed by atoms with Crippen LogP contribution in [0.1, 0.15) is 16.2 Å². The summed E-state index contributed by atoms with van der Waals surface area (Å²) < 4.78 is 19.4. The molecule has 4 rings (SSSR count). The first-order valence-electron chi connectivity index (χ1n) is 9.59. The summed E-state index contributed by atoms with van der Waals surface area (Å²) in [6, 6.07) is 8.56. The first-order chi connectivity index (χ1) is 13.6. The molecule has 0 aliphatic carbocycles. The van der Waals surface area contributed by atoms with Gasteiger partial charge in [-0.15, -0.1) is 0 Å². The zero-order chi connectivity index (χ0) is 19.5. The number of carbonyl (C=O) groups excluding carboxylic acids is 1. The predicted octanol–water partition coefficient (Wildman–Crippen LogP) is 1.72. The monoisotopic (exact) mass is 385 g/mol. The Hall–Kier alpha value is -2.74. The third-order valence-corrected chi connectivity index (χ3v) is 5.12. The van der Waals surface area contributed by atoms with Crippen molar-refractivity contribution in [2.24, 2.45) is 0 Å². The first kappa shape index (κ1) is 18.6. The smallest absolute Gasteiger partial charge is 0.272 e. The highest BCUT2D eigenvalue weighted by Gasteiger charge is 2.24. The van der Waals surface area contributed by atoms with Crippen LogP contribution in [0.5, 0.6) is 0 Å². The highest BCUT2D eigenvalue weighted by Crippen LogP contribution is 2.22. The summed E-state index contributed by atoms with van der Waals surface area (Å²) in [5.41, 5.74) is 1.80. The maximum Gasteiger partial charge on any atom is 0.272 e. The molecule has 1 aromatic carbocycles. The summed E-state index contributed by atoms with van der Waals surface area (Å²) in [5.74, 6) is 0.269. The Morgan fingerprint density at radius 3 is 2.39 bits per heavy atom. The molecule has 0 N–H and O–H groups in total. The van der Waals surface area contributed by atoms with Crippen molar-refractivity contribution in [1.82, 2.24) is 14.9 Å². The summed E-state index contributed by atoms with van der Waals surface area (Å²) in [6.07, 6.45) is 0. The number of aromatic nitrogens is 2. The average Bonchev–Trinajstić information content (AvgIpc) is 2.74. The van der Waals surface area contributed by atoms with Gasteiger partial charge >= 0.3 is 0 Å². The number of carbonyl (C=O) groups is 1. The maximum atomic E-state index is 14.0. The normalized spacial score (nSPS) is 17.7. The van der Waals surface area contributed by atoms with Gasteiger partial charge in [0.05, 0.1) is 18.9 Å². The Bertz CT molecular complexity index is 848. The van der Waals surface area contributed by atoms with Crippen LogP contribution in [-0.2, 0) is 4.74 Å². The van der Waals surface area contributed by atoms with Crippen molar-refractivity contribution in [2.45, 2.75) is 6.92 Å². The van der Waals surface area contributed by atoms with Crippen LogP contribution >= 0.6 is 0 Å². The van der Waals surface area contributed by atoms with Crippen molar-refractivity contribution in [2.75, 3.05) is 62.3 Å². The van der Waals surface area contributed by atoms with E-state index in [0.717, 1.165) is 5.69 Å². The van der Waals surface area contributed by atoms with Gasteiger partial charge in [-0.05, 0) is 25.1 Å². The molecule has 8 heteroatoms. The van der Waals surface area contributed by atoms with Gasteiger partial charge in [-0.1, -0.05) is 12.1 Å². The lowest BCUT2D eigenvalue weighted by Crippen LogP contribution is -2.47. The number of nitrogens with zero attached hydrogens (tertiary/aromatic N) is 5. The van der Waals surface area contributed by atoms with Crippen molar-refractivity contribution in [3.05, 3.63) is 47.5 Å². The van der Waals surface area contributed by atoms with Crippen LogP contribution in [0, 0.1) is 12.7 Å². The van der Waals surface area contributed by atoms with Crippen molar-refractivity contribution >= 4 is 17.5 Å². The predicted molar refractivity (Wildman–Crippen MR) is 104 cm³/mol. The minimum Gasteiger partial charge on any atom is -0.378 e. The zero-order valence-electron chi connectivity index (χ0n) is 16.0. The summed E-state index contributed by atoms with van der Waals surface area (Å²) in [7, 11) is 0. The highest BCUT2D eigenvalue weighted by molar-refractivity contribution is 5.92. The molecule has 2 aliphatic rings. The number of hydrogen-bond acceptors (Lipinski definition) is 6. The first-order valence-corrected chi connectivity index (χ1v) is 9.59. The number of ether oxygens (including phenoxy) is 1. The Morgan fingerprint density at radius 2 is 1.68 bits per heavy atom. The van der Waals surface area contributed by atoms with Crippen molar-refractivity contribution in [3.8, 4) is 0 Å². The van der Waals surface area contributed by atoms with E-state index in [1.54, 1.807) is 23.1 Å². The molecule has 0 spiro atoms. The number of morpholine rings is 1. The van der Waals surface area contributed by atoms with E-state index in [1.807, 2.05) is 17.9 Å². The second-order valence-corrected chi connectivity index (χ2v) is 7.02. The fourth-order valence-corrected chi connectivity index (χ4v) is 3.59. The molecule has 1 amide bonds. The van der Waals surface area contributed by atoms with Crippen molar-refractivity contribution in [3.63, 3.8) is 0 Å². The number of hydrogen-bond donors (Lipinski definition) is 0. The fourth-order valence-electron chi connectivity index (χ4n) is 3.59. The van der Waals surface area contributed by atoms with E-state index in [1.165, 1.54) is 6.07 Å². The van der Waals surface area contributed by atoms with Gasteiger partial charge in [0.2, 0.25) is 5.95 Å². The van der Waals surface area contributed by atoms with Gasteiger partial charge in [-0.3, -0.25) is 4.79 Å². The molecule has 2 aliphatic heterocycles. The lowest BCUT2D eigenvalue weighted by molar-refractivity contribution is 0.0299. The van der Waals surface area contributed by atoms with Crippen LogP contribution in [0.2, 0.25) is 0 Å². The molecule has 2 fully saturated rings. The van der Waals surface area contributed by atoms with Crippen LogP contribution in [0.3, 0.4) is 0 Å². The fraction of sp³-hybridized carbons (Fsp3) is 0.450. The van der Waals surface area contributed by atoms with Crippen LogP contribution in [0.4, 0.5) is 16.0 Å². The van der Waals surface area contributed by atoms with E-state index in [-0.39, 0.29) is 11.7 Å². The summed E-state index contributed by atoms with van der Waals surface area (Å²) in [4.78, 5) is 27.7. The van der Waals surface area contributed by atoms with Gasteiger partial charge in [-0.25, -0.2) is 14.4 Å². The molecule has 2 aromatic rings. The maximum absolute atomic E-state index is 14.0. The average molecular weight is 385 g/mol. The lowest BCUT2D eigenvalue weighted by atomic mass is 10.2. The van der Waals surface area contributed by atoms with E-state index in [2.05, 4.69) is 14.9 Å². The van der Waals surface area contributed by atoms with Crippen LogP contribution in [-0.4, -0.2) is 73.3 Å². The van der Waals surface area contributed by atoms with E-state index in [4.69, 9.17) is 4.74 Å². The summed E-state index contributed by atoms with van der Waals surface area (Å²) >= 11 is 0. The molecule has 7 nitrogen and oxygen atoms in total. The third kappa shape index (κ3) is 3.91. The molecule has 0 atom stereocenters. The van der Waals surface area contributed by atoms with Gasteiger partial charge < -0.3 is 19.4 Å². The summed E-state index contributed by atoms with van der Waals surface area (Å²) in [6.45, 7) is 6.83. The second-order valence-electron chi connectivity index (χ2n) is 7.02. The molecule has 148 valence electrons. The number of para-hydroxylation sites is 1. The van der Waals surface area contributed by atoms with Crippen LogP contribution < -0.4 is 9.80 Å². The standard InChI is InChI=1S/C20H24FN5O2/c1-15-14-17(19(27)25-10-12-28-13-11-25)23-20(22-15)26-8-6-24(7-9-26)18-5-3-2-4-16(18)21/h2-5,14H,6-13H2,1H3. The Balaban J connectivity index is 1.47. The van der Waals surface area contributed by atoms with Crippen molar-refractivity contribution < 1.29 is 13.9 Å². The van der Waals surface area contributed by atoms with E-state index < -0.39 is 0 Å². The number of aryl methyl sites for hydroxylation is 1. The van der Waals surface area contributed by atoms with E-state index >= 15 is 0 Å². The Labute approximate surface area is 163 Å². The van der Waals surface area contributed by atoms with Gasteiger partial charge in [-0.2, -0.15) is 0 Å². The molecular formula is C20H24FN5O2. The Kier molecular flexibility index (Phi) is 5.38. The minimum absolute atomic E-state index is 0.0833. The number of anilines is 2. The number of halogens is 1. The van der Waals surface area contributed by atoms with Gasteiger partial charge in [0.25, 0.3) is 5.91 Å². The topological polar surface area (TPSA) is 61.8 Å². The molecule has 3 heterocycles. The molecular weight excluding hydrogens is 361 g/mol. The SMILES string of the molecule is Cc1cc(C(=O)N2CCOCC2)nc(N2CCN(c3ccccc3F)CC2)n1. The van der Waals surface area contributed by atoms with E-state index in [0.29, 0.717) is 69.8 Å². The molecule has 28 heavy (non-hydrogen) atoms. The Morgan fingerprint density at radius 1 is 1.00 bits per heavy atom. The largest absolute Gasteiger partial charge is 0.378 e. The molecule has 2 saturated heterocycles. The summed E-state index contributed by atoms with van der Waals surface area (Å²) in [5, 5.41) is 0. The number of piperazine rings is 1. The minimum atomic E-state index is -0.207. The van der Waals surface area contributed by atoms with Crippen molar-refractivity contribution in [1.29, 1.82) is 0 Å². The third-order valence-electron chi connectivity index (χ3n) is 5.12. The molecule has 0 bridgehead atoms. The lowest BCUT2D eigenvalue weighted by Gasteiger charge is -2.36. The van der Waals surface area contributed by atoms with Gasteiger partial charge in [0.15, 0.2) is 0 Å². The number of benzene rings is 1.